The van der Waals surface area contributed by atoms with E-state index >= 15 is 0 Å². The Morgan fingerprint density at radius 3 is 2.90 bits per heavy atom. The SMILES string of the molecule is COC(=O)CCC(N)Cc1cc2c(cc1OC)CC(C)O2. The van der Waals surface area contributed by atoms with Gasteiger partial charge in [0, 0.05) is 24.4 Å². The zero-order valence-corrected chi connectivity index (χ0v) is 12.8. The lowest BCUT2D eigenvalue weighted by Crippen LogP contribution is -2.24. The molecule has 0 saturated heterocycles. The maximum atomic E-state index is 11.2. The Morgan fingerprint density at radius 1 is 1.48 bits per heavy atom. The van der Waals surface area contributed by atoms with Crippen LogP contribution in [0.2, 0.25) is 0 Å². The van der Waals surface area contributed by atoms with E-state index in [1.54, 1.807) is 7.11 Å². The molecule has 0 fully saturated rings. The number of benzene rings is 1. The highest BCUT2D eigenvalue weighted by Gasteiger charge is 2.22. The van der Waals surface area contributed by atoms with E-state index in [1.807, 2.05) is 19.1 Å². The first-order chi connectivity index (χ1) is 10.0. The van der Waals surface area contributed by atoms with E-state index in [0.717, 1.165) is 23.5 Å². The van der Waals surface area contributed by atoms with Crippen molar-refractivity contribution in [2.24, 2.45) is 5.73 Å². The van der Waals surface area contributed by atoms with E-state index in [9.17, 15) is 4.79 Å². The van der Waals surface area contributed by atoms with Gasteiger partial charge >= 0.3 is 5.97 Å². The second-order valence-electron chi connectivity index (χ2n) is 5.48. The van der Waals surface area contributed by atoms with Crippen molar-refractivity contribution >= 4 is 5.97 Å². The highest BCUT2D eigenvalue weighted by atomic mass is 16.5. The summed E-state index contributed by atoms with van der Waals surface area (Å²) in [6, 6.07) is 3.92. The van der Waals surface area contributed by atoms with Crippen LogP contribution in [0, 0.1) is 0 Å². The van der Waals surface area contributed by atoms with Gasteiger partial charge in [-0.1, -0.05) is 0 Å². The fraction of sp³-hybridized carbons (Fsp3) is 0.562. The molecule has 2 rings (SSSR count). The normalized spacial score (nSPS) is 17.8. The quantitative estimate of drug-likeness (QED) is 0.810. The van der Waals surface area contributed by atoms with Crippen LogP contribution in [0.25, 0.3) is 0 Å². The molecule has 0 aromatic heterocycles. The molecule has 21 heavy (non-hydrogen) atoms. The van der Waals surface area contributed by atoms with Crippen LogP contribution in [-0.2, 0) is 22.4 Å². The summed E-state index contributed by atoms with van der Waals surface area (Å²) in [5.41, 5.74) is 8.29. The minimum absolute atomic E-state index is 0.116. The van der Waals surface area contributed by atoms with E-state index in [1.165, 1.54) is 12.7 Å². The zero-order chi connectivity index (χ0) is 15.4. The topological polar surface area (TPSA) is 70.8 Å². The van der Waals surface area contributed by atoms with Gasteiger partial charge < -0.3 is 19.9 Å². The number of fused-ring (bicyclic) bond motifs is 1. The lowest BCUT2D eigenvalue weighted by atomic mass is 9.99. The number of esters is 1. The largest absolute Gasteiger partial charge is 0.496 e. The monoisotopic (exact) mass is 293 g/mol. The molecular formula is C16H23NO4. The third kappa shape index (κ3) is 3.88. The lowest BCUT2D eigenvalue weighted by Gasteiger charge is -2.15. The third-order valence-corrected chi connectivity index (χ3v) is 3.73. The van der Waals surface area contributed by atoms with Gasteiger partial charge in [-0.25, -0.2) is 0 Å². The highest BCUT2D eigenvalue weighted by molar-refractivity contribution is 5.69. The van der Waals surface area contributed by atoms with Gasteiger partial charge in [-0.15, -0.1) is 0 Å². The summed E-state index contributed by atoms with van der Waals surface area (Å²) in [6.07, 6.45) is 2.67. The molecule has 116 valence electrons. The second kappa shape index (κ2) is 6.80. The number of hydrogen-bond acceptors (Lipinski definition) is 5. The number of carbonyl (C=O) groups is 1. The summed E-state index contributed by atoms with van der Waals surface area (Å²) in [7, 11) is 3.04. The molecule has 1 aromatic rings. The van der Waals surface area contributed by atoms with Crippen LogP contribution in [0.3, 0.4) is 0 Å². The van der Waals surface area contributed by atoms with Crippen LogP contribution in [0.4, 0.5) is 0 Å². The van der Waals surface area contributed by atoms with Gasteiger partial charge in [-0.3, -0.25) is 4.79 Å². The molecular weight excluding hydrogens is 270 g/mol. The minimum Gasteiger partial charge on any atom is -0.496 e. The molecule has 1 aromatic carbocycles. The molecule has 0 aliphatic carbocycles. The van der Waals surface area contributed by atoms with Crippen LogP contribution in [-0.4, -0.2) is 32.3 Å². The Morgan fingerprint density at radius 2 is 2.24 bits per heavy atom. The van der Waals surface area contributed by atoms with Gasteiger partial charge in [0.2, 0.25) is 0 Å². The summed E-state index contributed by atoms with van der Waals surface area (Å²) in [6.45, 7) is 2.05. The van der Waals surface area contributed by atoms with Crippen LogP contribution >= 0.6 is 0 Å². The molecule has 1 aliphatic heterocycles. The smallest absolute Gasteiger partial charge is 0.305 e. The predicted octanol–water partition coefficient (Wildman–Crippen LogP) is 1.84. The molecule has 0 amide bonds. The van der Waals surface area contributed by atoms with E-state index in [-0.39, 0.29) is 18.1 Å². The first-order valence-corrected chi connectivity index (χ1v) is 7.22. The van der Waals surface area contributed by atoms with Crippen molar-refractivity contribution in [3.63, 3.8) is 0 Å². The maximum absolute atomic E-state index is 11.2. The van der Waals surface area contributed by atoms with Gasteiger partial charge in [-0.2, -0.15) is 0 Å². The molecule has 1 aliphatic rings. The summed E-state index contributed by atoms with van der Waals surface area (Å²) >= 11 is 0. The molecule has 2 atom stereocenters. The van der Waals surface area contributed by atoms with Gasteiger partial charge in [0.1, 0.15) is 17.6 Å². The van der Waals surface area contributed by atoms with Crippen molar-refractivity contribution in [2.75, 3.05) is 14.2 Å². The average Bonchev–Trinajstić information content (AvgIpc) is 2.82. The Balaban J connectivity index is 2.05. The molecule has 1 heterocycles. The number of ether oxygens (including phenoxy) is 3. The van der Waals surface area contributed by atoms with Crippen molar-refractivity contribution in [3.8, 4) is 11.5 Å². The summed E-state index contributed by atoms with van der Waals surface area (Å²) in [5, 5.41) is 0. The Hall–Kier alpha value is -1.75. The Kier molecular flexibility index (Phi) is 5.07. The molecule has 5 heteroatoms. The standard InChI is InChI=1S/C16H23NO4/c1-10-6-11-8-14(19-2)12(9-15(11)21-10)7-13(17)4-5-16(18)20-3/h8-10,13H,4-7,17H2,1-3H3. The average molecular weight is 293 g/mol. The Labute approximate surface area is 125 Å². The fourth-order valence-corrected chi connectivity index (χ4v) is 2.62. The lowest BCUT2D eigenvalue weighted by molar-refractivity contribution is -0.140. The highest BCUT2D eigenvalue weighted by Crippen LogP contribution is 2.35. The fourth-order valence-electron chi connectivity index (χ4n) is 2.62. The summed E-state index contributed by atoms with van der Waals surface area (Å²) in [5.74, 6) is 1.52. The van der Waals surface area contributed by atoms with Gasteiger partial charge in [0.15, 0.2) is 0 Å². The molecule has 0 spiro atoms. The number of hydrogen-bond donors (Lipinski definition) is 1. The van der Waals surface area contributed by atoms with Crippen LogP contribution < -0.4 is 15.2 Å². The van der Waals surface area contributed by atoms with Crippen molar-refractivity contribution in [2.45, 2.75) is 44.8 Å². The zero-order valence-electron chi connectivity index (χ0n) is 12.8. The molecule has 0 bridgehead atoms. The second-order valence-corrected chi connectivity index (χ2v) is 5.48. The van der Waals surface area contributed by atoms with Gasteiger partial charge in [-0.05, 0) is 37.5 Å². The minimum atomic E-state index is -0.233. The number of nitrogens with two attached hydrogens (primary N) is 1. The maximum Gasteiger partial charge on any atom is 0.305 e. The molecule has 2 N–H and O–H groups in total. The number of methoxy groups -OCH3 is 2. The molecule has 2 unspecified atom stereocenters. The van der Waals surface area contributed by atoms with Crippen LogP contribution in [0.1, 0.15) is 30.9 Å². The number of carbonyl (C=O) groups excluding carboxylic acids is 1. The molecule has 5 nitrogen and oxygen atoms in total. The van der Waals surface area contributed by atoms with E-state index in [4.69, 9.17) is 15.2 Å². The van der Waals surface area contributed by atoms with E-state index in [0.29, 0.717) is 19.3 Å². The molecule has 0 saturated carbocycles. The van der Waals surface area contributed by atoms with Crippen molar-refractivity contribution in [1.29, 1.82) is 0 Å². The first kappa shape index (κ1) is 15.6. The Bertz CT molecular complexity index is 515. The predicted molar refractivity (Wildman–Crippen MR) is 79.7 cm³/mol. The summed E-state index contributed by atoms with van der Waals surface area (Å²) < 4.78 is 15.9. The third-order valence-electron chi connectivity index (χ3n) is 3.73. The molecule has 0 radical (unpaired) electrons. The van der Waals surface area contributed by atoms with Crippen molar-refractivity contribution in [1.82, 2.24) is 0 Å². The van der Waals surface area contributed by atoms with Crippen LogP contribution in [0.15, 0.2) is 12.1 Å². The van der Waals surface area contributed by atoms with E-state index in [2.05, 4.69) is 4.74 Å². The number of rotatable bonds is 6. The summed E-state index contributed by atoms with van der Waals surface area (Å²) in [4.78, 5) is 11.2. The first-order valence-electron chi connectivity index (χ1n) is 7.22. The van der Waals surface area contributed by atoms with Gasteiger partial charge in [0.05, 0.1) is 14.2 Å². The van der Waals surface area contributed by atoms with E-state index < -0.39 is 0 Å². The van der Waals surface area contributed by atoms with Gasteiger partial charge in [0.25, 0.3) is 0 Å². The van der Waals surface area contributed by atoms with Crippen molar-refractivity contribution < 1.29 is 19.0 Å². The van der Waals surface area contributed by atoms with Crippen LogP contribution in [0.5, 0.6) is 11.5 Å². The van der Waals surface area contributed by atoms with Crippen molar-refractivity contribution in [3.05, 3.63) is 23.3 Å².